The van der Waals surface area contributed by atoms with Crippen LogP contribution in [0, 0.1) is 0 Å². The van der Waals surface area contributed by atoms with Gasteiger partial charge in [-0.2, -0.15) is 0 Å². The molecule has 0 heterocycles. The standard InChI is InChI=1S/C21H16O4/c22-20(24-15-16-7-3-1-4-8-16)18-11-13-19(14-12-18)25-21(23)17-9-5-2-6-10-17/h1-14H,15H2. The van der Waals surface area contributed by atoms with E-state index in [4.69, 9.17) is 9.47 Å². The topological polar surface area (TPSA) is 52.6 Å². The monoisotopic (exact) mass is 332 g/mol. The summed E-state index contributed by atoms with van der Waals surface area (Å²) in [5, 5.41) is 0. The van der Waals surface area contributed by atoms with Crippen LogP contribution < -0.4 is 4.74 Å². The van der Waals surface area contributed by atoms with Gasteiger partial charge in [-0.05, 0) is 42.0 Å². The first-order chi connectivity index (χ1) is 12.2. The minimum absolute atomic E-state index is 0.213. The predicted octanol–water partition coefficient (Wildman–Crippen LogP) is 4.26. The van der Waals surface area contributed by atoms with Gasteiger partial charge in [-0.3, -0.25) is 0 Å². The van der Waals surface area contributed by atoms with Crippen LogP contribution in [0.1, 0.15) is 26.3 Å². The predicted molar refractivity (Wildman–Crippen MR) is 93.4 cm³/mol. The lowest BCUT2D eigenvalue weighted by molar-refractivity contribution is 0.0472. The Hall–Kier alpha value is -3.40. The third-order valence-electron chi connectivity index (χ3n) is 3.52. The summed E-state index contributed by atoms with van der Waals surface area (Å²) in [6.07, 6.45) is 0. The number of benzene rings is 3. The number of hydrogen-bond acceptors (Lipinski definition) is 4. The number of esters is 2. The van der Waals surface area contributed by atoms with Gasteiger partial charge in [0, 0.05) is 0 Å². The van der Waals surface area contributed by atoms with Gasteiger partial charge in [0.15, 0.2) is 0 Å². The third kappa shape index (κ3) is 4.54. The fraction of sp³-hybridized carbons (Fsp3) is 0.0476. The van der Waals surface area contributed by atoms with E-state index in [1.807, 2.05) is 36.4 Å². The molecule has 0 aliphatic rings. The van der Waals surface area contributed by atoms with Gasteiger partial charge < -0.3 is 9.47 Å². The summed E-state index contributed by atoms with van der Waals surface area (Å²) in [6.45, 7) is 0.213. The van der Waals surface area contributed by atoms with Crippen molar-refractivity contribution in [1.82, 2.24) is 0 Å². The van der Waals surface area contributed by atoms with Gasteiger partial charge in [0.05, 0.1) is 11.1 Å². The molecule has 0 atom stereocenters. The van der Waals surface area contributed by atoms with E-state index in [0.717, 1.165) is 5.56 Å². The first-order valence-corrected chi connectivity index (χ1v) is 7.81. The summed E-state index contributed by atoms with van der Waals surface area (Å²) in [5.41, 5.74) is 1.79. The van der Waals surface area contributed by atoms with Gasteiger partial charge >= 0.3 is 11.9 Å². The highest BCUT2D eigenvalue weighted by atomic mass is 16.5. The van der Waals surface area contributed by atoms with Crippen molar-refractivity contribution in [3.8, 4) is 5.75 Å². The van der Waals surface area contributed by atoms with Crippen LogP contribution in [0.5, 0.6) is 5.75 Å². The Morgan fingerprint density at radius 1 is 0.640 bits per heavy atom. The molecule has 0 aliphatic heterocycles. The van der Waals surface area contributed by atoms with Crippen LogP contribution in [-0.2, 0) is 11.3 Å². The molecule has 3 aromatic carbocycles. The van der Waals surface area contributed by atoms with Crippen LogP contribution in [0.25, 0.3) is 0 Å². The maximum Gasteiger partial charge on any atom is 0.343 e. The first-order valence-electron chi connectivity index (χ1n) is 7.81. The summed E-state index contributed by atoms with van der Waals surface area (Å²) in [6, 6.07) is 24.5. The molecule has 0 fully saturated rings. The van der Waals surface area contributed by atoms with Gasteiger partial charge in [-0.15, -0.1) is 0 Å². The highest BCUT2D eigenvalue weighted by molar-refractivity contribution is 5.91. The Kier molecular flexibility index (Phi) is 5.22. The van der Waals surface area contributed by atoms with Gasteiger partial charge in [0.2, 0.25) is 0 Å². The molecule has 0 aliphatic carbocycles. The number of carbonyl (C=O) groups excluding carboxylic acids is 2. The average molecular weight is 332 g/mol. The molecule has 124 valence electrons. The Balaban J connectivity index is 1.58. The molecule has 0 radical (unpaired) electrons. The van der Waals surface area contributed by atoms with Crippen molar-refractivity contribution in [2.75, 3.05) is 0 Å². The van der Waals surface area contributed by atoms with E-state index in [1.165, 1.54) is 0 Å². The molecule has 0 saturated carbocycles. The van der Waals surface area contributed by atoms with Gasteiger partial charge in [0.1, 0.15) is 12.4 Å². The van der Waals surface area contributed by atoms with Crippen molar-refractivity contribution in [2.24, 2.45) is 0 Å². The lowest BCUT2D eigenvalue weighted by Gasteiger charge is -2.07. The maximum atomic E-state index is 12.0. The molecule has 0 amide bonds. The zero-order chi connectivity index (χ0) is 17.5. The highest BCUT2D eigenvalue weighted by Gasteiger charge is 2.10. The van der Waals surface area contributed by atoms with Gasteiger partial charge in [-0.25, -0.2) is 9.59 Å². The minimum atomic E-state index is -0.444. The zero-order valence-corrected chi connectivity index (χ0v) is 13.4. The molecule has 25 heavy (non-hydrogen) atoms. The van der Waals surface area contributed by atoms with Crippen molar-refractivity contribution in [2.45, 2.75) is 6.61 Å². The van der Waals surface area contributed by atoms with E-state index in [1.54, 1.807) is 48.5 Å². The Bertz CT molecular complexity index is 840. The smallest absolute Gasteiger partial charge is 0.343 e. The van der Waals surface area contributed by atoms with E-state index in [-0.39, 0.29) is 6.61 Å². The summed E-state index contributed by atoms with van der Waals surface area (Å²) < 4.78 is 10.5. The second kappa shape index (κ2) is 7.93. The Morgan fingerprint density at radius 2 is 1.20 bits per heavy atom. The largest absolute Gasteiger partial charge is 0.457 e. The van der Waals surface area contributed by atoms with Crippen molar-refractivity contribution < 1.29 is 19.1 Å². The molecule has 0 N–H and O–H groups in total. The lowest BCUT2D eigenvalue weighted by Crippen LogP contribution is -2.09. The first kappa shape index (κ1) is 16.5. The molecule has 0 spiro atoms. The van der Waals surface area contributed by atoms with Gasteiger partial charge in [-0.1, -0.05) is 48.5 Å². The van der Waals surface area contributed by atoms with Crippen LogP contribution in [0.3, 0.4) is 0 Å². The zero-order valence-electron chi connectivity index (χ0n) is 13.4. The number of ether oxygens (including phenoxy) is 2. The quantitative estimate of drug-likeness (QED) is 0.517. The molecule has 3 rings (SSSR count). The van der Waals surface area contributed by atoms with E-state index in [0.29, 0.717) is 16.9 Å². The summed E-state index contributed by atoms with van der Waals surface area (Å²) >= 11 is 0. The SMILES string of the molecule is O=C(OCc1ccccc1)c1ccc(OC(=O)c2ccccc2)cc1. The maximum absolute atomic E-state index is 12.0. The van der Waals surface area contributed by atoms with Crippen LogP contribution in [0.15, 0.2) is 84.9 Å². The summed E-state index contributed by atoms with van der Waals surface area (Å²) in [4.78, 5) is 24.0. The molecular formula is C21H16O4. The van der Waals surface area contributed by atoms with Crippen LogP contribution in [-0.4, -0.2) is 11.9 Å². The fourth-order valence-electron chi connectivity index (χ4n) is 2.21. The Morgan fingerprint density at radius 3 is 1.84 bits per heavy atom. The molecule has 0 bridgehead atoms. The van der Waals surface area contributed by atoms with Crippen LogP contribution in [0.2, 0.25) is 0 Å². The van der Waals surface area contributed by atoms with E-state index in [2.05, 4.69) is 0 Å². The highest BCUT2D eigenvalue weighted by Crippen LogP contribution is 2.15. The van der Waals surface area contributed by atoms with Gasteiger partial charge in [0.25, 0.3) is 0 Å². The third-order valence-corrected chi connectivity index (χ3v) is 3.52. The van der Waals surface area contributed by atoms with E-state index in [9.17, 15) is 9.59 Å². The lowest BCUT2D eigenvalue weighted by atomic mass is 10.2. The van der Waals surface area contributed by atoms with Crippen molar-refractivity contribution in [1.29, 1.82) is 0 Å². The molecule has 4 nitrogen and oxygen atoms in total. The number of carbonyl (C=O) groups is 2. The summed E-state index contributed by atoms with van der Waals surface area (Å²) in [7, 11) is 0. The molecule has 3 aromatic rings. The second-order valence-electron chi connectivity index (χ2n) is 5.34. The number of hydrogen-bond donors (Lipinski definition) is 0. The van der Waals surface area contributed by atoms with Crippen molar-refractivity contribution in [3.63, 3.8) is 0 Å². The number of rotatable bonds is 5. The van der Waals surface area contributed by atoms with Crippen molar-refractivity contribution in [3.05, 3.63) is 102 Å². The van der Waals surface area contributed by atoms with Crippen LogP contribution >= 0.6 is 0 Å². The Labute approximate surface area is 145 Å². The molecule has 0 aromatic heterocycles. The fourth-order valence-corrected chi connectivity index (χ4v) is 2.21. The van der Waals surface area contributed by atoms with Crippen LogP contribution in [0.4, 0.5) is 0 Å². The molecular weight excluding hydrogens is 316 g/mol. The van der Waals surface area contributed by atoms with E-state index >= 15 is 0 Å². The summed E-state index contributed by atoms with van der Waals surface area (Å²) in [5.74, 6) is -0.502. The molecule has 0 saturated heterocycles. The normalized spacial score (nSPS) is 10.1. The second-order valence-corrected chi connectivity index (χ2v) is 5.34. The minimum Gasteiger partial charge on any atom is -0.457 e. The van der Waals surface area contributed by atoms with Crippen molar-refractivity contribution >= 4 is 11.9 Å². The molecule has 0 unspecified atom stereocenters. The molecule has 4 heteroatoms. The van der Waals surface area contributed by atoms with E-state index < -0.39 is 11.9 Å². The average Bonchev–Trinajstić information content (AvgIpc) is 2.68.